The van der Waals surface area contributed by atoms with Gasteiger partial charge in [-0.2, -0.15) is 0 Å². The summed E-state index contributed by atoms with van der Waals surface area (Å²) >= 11 is 0. The molecule has 0 saturated heterocycles. The van der Waals surface area contributed by atoms with E-state index < -0.39 is 16.1 Å². The summed E-state index contributed by atoms with van der Waals surface area (Å²) in [5.41, 5.74) is 18.4. The highest BCUT2D eigenvalue weighted by Gasteiger charge is 2.41. The summed E-state index contributed by atoms with van der Waals surface area (Å²) in [6.07, 6.45) is 0. The van der Waals surface area contributed by atoms with Crippen LogP contribution < -0.4 is 20.7 Å². The molecule has 0 aromatic heterocycles. The fraction of sp³-hybridized carbons (Fsp3) is 0.0526. The molecule has 2 heteroatoms. The van der Waals surface area contributed by atoms with Crippen LogP contribution in [0.4, 0.5) is 0 Å². The quantitative estimate of drug-likeness (QED) is 0.119. The van der Waals surface area contributed by atoms with Crippen molar-refractivity contribution < 1.29 is 0 Å². The van der Waals surface area contributed by atoms with E-state index in [1.54, 1.807) is 0 Å². The first-order valence-corrected chi connectivity index (χ1v) is 33.7. The van der Waals surface area contributed by atoms with Gasteiger partial charge in [-0.05, 0) is 188 Å². The summed E-state index contributed by atoms with van der Waals surface area (Å²) in [6.45, 7) is 10.3. The molecule has 0 fully saturated rings. The molecule has 0 amide bonds. The third-order valence-corrected chi connectivity index (χ3v) is 25.3. The lowest BCUT2D eigenvalue weighted by atomic mass is 9.81. The van der Waals surface area contributed by atoms with E-state index in [0.717, 1.165) is 0 Å². The van der Waals surface area contributed by atoms with Gasteiger partial charge in [0.2, 0.25) is 0 Å². The molecule has 0 atom stereocenters. The van der Waals surface area contributed by atoms with Gasteiger partial charge in [-0.25, -0.2) is 0 Å². The van der Waals surface area contributed by atoms with Crippen molar-refractivity contribution in [2.45, 2.75) is 26.2 Å². The fourth-order valence-corrected chi connectivity index (χ4v) is 21.6. The minimum atomic E-state index is -2.13. The summed E-state index contributed by atoms with van der Waals surface area (Å²) in [4.78, 5) is 0. The Morgan fingerprint density at radius 1 is 0.205 bits per heavy atom. The standard InChI is InChI=1S/C76H54Si2/c1-77(2)71-37-11-9-23-57(71)65-35-17-33-63(75(65)77)55-27-15-31-61-69(55)46-70-56(64-34-18-36-66-58-24-10-12-38-72(58)78(3,4)76(64)66)28-16-32-62(70)74(61)73-59-29-13-25-53(51-41-39-47-19-5-7-21-49(47)43-51)67(59)45-68-54(26-14-30-60(68)73)52-42-40-48-20-6-8-22-50(48)44-52/h5-46H,1-4H3. The van der Waals surface area contributed by atoms with Crippen LogP contribution in [0.1, 0.15) is 0 Å². The predicted octanol–water partition coefficient (Wildman–Crippen LogP) is 18.5. The van der Waals surface area contributed by atoms with Gasteiger partial charge in [-0.1, -0.05) is 257 Å². The van der Waals surface area contributed by atoms with E-state index in [1.165, 1.54) is 163 Å². The molecule has 14 aromatic carbocycles. The van der Waals surface area contributed by atoms with Crippen LogP contribution in [0.5, 0.6) is 0 Å². The molecule has 0 saturated carbocycles. The molecule has 0 radical (unpaired) electrons. The topological polar surface area (TPSA) is 0 Å². The van der Waals surface area contributed by atoms with Crippen molar-refractivity contribution in [1.29, 1.82) is 0 Å². The summed E-state index contributed by atoms with van der Waals surface area (Å²) in [5.74, 6) is 0. The molecule has 2 aliphatic rings. The van der Waals surface area contributed by atoms with Crippen LogP contribution in [0.2, 0.25) is 26.2 Å². The molecular formula is C76H54Si2. The third-order valence-electron chi connectivity index (χ3n) is 18.2. The van der Waals surface area contributed by atoms with Crippen molar-refractivity contribution in [3.63, 3.8) is 0 Å². The Morgan fingerprint density at radius 3 is 0.910 bits per heavy atom. The normalized spacial score (nSPS) is 13.8. The Balaban J connectivity index is 1.07. The maximum absolute atomic E-state index is 2.60. The second kappa shape index (κ2) is 16.8. The lowest BCUT2D eigenvalue weighted by Crippen LogP contribution is -2.50. The molecule has 78 heavy (non-hydrogen) atoms. The minimum Gasteiger partial charge on any atom is -0.0623 e. The average Bonchev–Trinajstić information content (AvgIpc) is 4.07. The molecule has 0 unspecified atom stereocenters. The maximum atomic E-state index is 2.60. The second-order valence-corrected chi connectivity index (χ2v) is 31.6. The van der Waals surface area contributed by atoms with Crippen LogP contribution in [0, 0.1) is 0 Å². The van der Waals surface area contributed by atoms with Gasteiger partial charge >= 0.3 is 0 Å². The molecule has 16 rings (SSSR count). The largest absolute Gasteiger partial charge is 0.114 e. The lowest BCUT2D eigenvalue weighted by molar-refractivity contribution is 1.65. The van der Waals surface area contributed by atoms with E-state index in [0.29, 0.717) is 0 Å². The first kappa shape index (κ1) is 45.3. The van der Waals surface area contributed by atoms with Crippen LogP contribution >= 0.6 is 0 Å². The average molecular weight is 1020 g/mol. The van der Waals surface area contributed by atoms with Crippen molar-refractivity contribution in [3.8, 4) is 77.9 Å². The van der Waals surface area contributed by atoms with Crippen LogP contribution in [0.15, 0.2) is 255 Å². The van der Waals surface area contributed by atoms with E-state index >= 15 is 0 Å². The molecule has 0 aliphatic carbocycles. The molecule has 0 bridgehead atoms. The summed E-state index contributed by atoms with van der Waals surface area (Å²) < 4.78 is 0. The lowest BCUT2D eigenvalue weighted by Gasteiger charge is -2.25. The van der Waals surface area contributed by atoms with Crippen LogP contribution in [-0.2, 0) is 0 Å². The zero-order valence-electron chi connectivity index (χ0n) is 44.2. The number of fused-ring (bicyclic) bond motifs is 12. The van der Waals surface area contributed by atoms with E-state index in [2.05, 4.69) is 281 Å². The van der Waals surface area contributed by atoms with Crippen molar-refractivity contribution in [1.82, 2.24) is 0 Å². The van der Waals surface area contributed by atoms with Crippen molar-refractivity contribution in [3.05, 3.63) is 255 Å². The number of benzene rings is 14. The highest BCUT2D eigenvalue weighted by molar-refractivity contribution is 7.05. The second-order valence-electron chi connectivity index (χ2n) is 23.0. The molecule has 2 heterocycles. The molecular weight excluding hydrogens is 969 g/mol. The number of rotatable bonds is 5. The third kappa shape index (κ3) is 6.45. The van der Waals surface area contributed by atoms with Crippen molar-refractivity contribution in [2.75, 3.05) is 0 Å². The van der Waals surface area contributed by atoms with Gasteiger partial charge in [-0.15, -0.1) is 0 Å². The smallest absolute Gasteiger partial charge is 0.0623 e. The Bertz CT molecular complexity index is 4620. The minimum absolute atomic E-state index is 1.22. The highest BCUT2D eigenvalue weighted by atomic mass is 28.3. The zero-order chi connectivity index (χ0) is 52.0. The predicted molar refractivity (Wildman–Crippen MR) is 343 cm³/mol. The summed E-state index contributed by atoms with van der Waals surface area (Å²) in [7, 11) is -4.26. The van der Waals surface area contributed by atoms with Crippen LogP contribution in [0.3, 0.4) is 0 Å². The van der Waals surface area contributed by atoms with E-state index in [9.17, 15) is 0 Å². The van der Waals surface area contributed by atoms with Gasteiger partial charge < -0.3 is 0 Å². The van der Waals surface area contributed by atoms with E-state index in [1.807, 2.05) is 0 Å². The summed E-state index contributed by atoms with van der Waals surface area (Å²) in [6, 6.07) is 97.8. The molecule has 14 aromatic rings. The first-order chi connectivity index (χ1) is 38.2. The Labute approximate surface area is 457 Å². The van der Waals surface area contributed by atoms with Gasteiger partial charge in [0, 0.05) is 0 Å². The van der Waals surface area contributed by atoms with Gasteiger partial charge in [0.25, 0.3) is 0 Å². The maximum Gasteiger partial charge on any atom is 0.114 e. The number of hydrogen-bond donors (Lipinski definition) is 0. The monoisotopic (exact) mass is 1020 g/mol. The zero-order valence-corrected chi connectivity index (χ0v) is 46.2. The van der Waals surface area contributed by atoms with Gasteiger partial charge in [-0.3, -0.25) is 0 Å². The highest BCUT2D eigenvalue weighted by Crippen LogP contribution is 2.51. The van der Waals surface area contributed by atoms with Gasteiger partial charge in [0.1, 0.15) is 16.1 Å². The Hall–Kier alpha value is -8.93. The molecule has 0 N–H and O–H groups in total. The van der Waals surface area contributed by atoms with Crippen LogP contribution in [0.25, 0.3) is 143 Å². The van der Waals surface area contributed by atoms with Gasteiger partial charge in [0.05, 0.1) is 0 Å². The first-order valence-electron chi connectivity index (χ1n) is 27.7. The van der Waals surface area contributed by atoms with Gasteiger partial charge in [0.15, 0.2) is 0 Å². The summed E-state index contributed by atoms with van der Waals surface area (Å²) in [5, 5.41) is 21.2. The van der Waals surface area contributed by atoms with Crippen molar-refractivity contribution in [2.24, 2.45) is 0 Å². The molecule has 2 aliphatic heterocycles. The number of hydrogen-bond acceptors (Lipinski definition) is 0. The van der Waals surface area contributed by atoms with E-state index in [4.69, 9.17) is 0 Å². The molecule has 0 nitrogen and oxygen atoms in total. The molecule has 0 spiro atoms. The Morgan fingerprint density at radius 2 is 0.500 bits per heavy atom. The van der Waals surface area contributed by atoms with Crippen LogP contribution in [-0.4, -0.2) is 16.1 Å². The van der Waals surface area contributed by atoms with Crippen molar-refractivity contribution >= 4 is 102 Å². The SMILES string of the molecule is C[Si]1(C)c2ccccc2-c2cccc(-c3cccc4c(-c5c6cccc(-c7ccc8ccccc8c7)c6cc6c(-c7ccc8ccccc8c7)cccc56)c5cccc(-c6cccc7c6[Si](C)(C)c6ccccc6-7)c5cc34)c21. The Kier molecular flexibility index (Phi) is 9.75. The van der Waals surface area contributed by atoms with E-state index in [-0.39, 0.29) is 0 Å². The fourth-order valence-electron chi connectivity index (χ4n) is 14.7. The molecule has 366 valence electrons.